The van der Waals surface area contributed by atoms with Crippen molar-refractivity contribution in [2.24, 2.45) is 0 Å². The van der Waals surface area contributed by atoms with Gasteiger partial charge in [-0.15, -0.1) is 0 Å². The van der Waals surface area contributed by atoms with Crippen LogP contribution in [0.4, 0.5) is 0 Å². The number of hydrogen-bond donors (Lipinski definition) is 2. The standard InChI is InChI=1S/C46H83N2O6P/c1-6-8-10-12-14-16-18-20-21-22-23-24-25-26-28-29-31-33-35-37-39-45(49)44(43-54-55(51,52)53-42-41-48(3,4)5)47-46(50)40-38-36-34-32-30-27-19-17-15-13-11-9-7-2/h9,11,15,17,24-25,27,29-31,37,39,44-45,49H,6-8,10,12-14,16,18-23,26,28,32-36,38,40-43H2,1-5H3,(H-,47,50,51,52)/b11-9-,17-15-,25-24+,30-27-,31-29+,39-37+. The normalized spacial score (nSPS) is 15.1. The molecule has 9 heteroatoms. The van der Waals surface area contributed by atoms with Gasteiger partial charge in [0.25, 0.3) is 7.82 Å². The lowest BCUT2D eigenvalue weighted by Crippen LogP contribution is -2.45. The molecule has 0 spiro atoms. The summed E-state index contributed by atoms with van der Waals surface area (Å²) in [6.45, 7) is 4.45. The third-order valence-electron chi connectivity index (χ3n) is 9.13. The number of hydrogen-bond acceptors (Lipinski definition) is 6. The van der Waals surface area contributed by atoms with E-state index in [-0.39, 0.29) is 12.5 Å². The van der Waals surface area contributed by atoms with Crippen LogP contribution in [0.15, 0.2) is 72.9 Å². The van der Waals surface area contributed by atoms with E-state index in [2.05, 4.69) is 79.9 Å². The molecular formula is C46H83N2O6P. The van der Waals surface area contributed by atoms with Crippen molar-refractivity contribution in [1.82, 2.24) is 5.32 Å². The maximum atomic E-state index is 12.8. The number of carbonyl (C=O) groups excluding carboxylic acids is 1. The maximum Gasteiger partial charge on any atom is 0.268 e. The lowest BCUT2D eigenvalue weighted by molar-refractivity contribution is -0.870. The van der Waals surface area contributed by atoms with Crippen LogP contribution in [0.3, 0.4) is 0 Å². The van der Waals surface area contributed by atoms with Gasteiger partial charge in [-0.2, -0.15) is 0 Å². The summed E-state index contributed by atoms with van der Waals surface area (Å²) >= 11 is 0. The molecule has 0 aliphatic carbocycles. The lowest BCUT2D eigenvalue weighted by atomic mass is 10.1. The van der Waals surface area contributed by atoms with E-state index in [1.54, 1.807) is 6.08 Å². The maximum absolute atomic E-state index is 12.8. The number of allylic oxidation sites excluding steroid dienone is 11. The molecule has 3 unspecified atom stereocenters. The molecule has 0 aromatic heterocycles. The number of amides is 1. The minimum Gasteiger partial charge on any atom is -0.756 e. The van der Waals surface area contributed by atoms with Crippen LogP contribution in [0.5, 0.6) is 0 Å². The minimum absolute atomic E-state index is 0.0184. The highest BCUT2D eigenvalue weighted by atomic mass is 31.2. The van der Waals surface area contributed by atoms with Crippen LogP contribution < -0.4 is 10.2 Å². The van der Waals surface area contributed by atoms with Gasteiger partial charge < -0.3 is 28.8 Å². The Balaban J connectivity index is 4.56. The minimum atomic E-state index is -4.61. The number of aliphatic hydroxyl groups is 1. The Labute approximate surface area is 338 Å². The third-order valence-corrected chi connectivity index (χ3v) is 10.1. The molecule has 0 bridgehead atoms. The second-order valence-corrected chi connectivity index (χ2v) is 17.1. The Morgan fingerprint density at radius 2 is 1.13 bits per heavy atom. The molecule has 0 aromatic rings. The van der Waals surface area contributed by atoms with E-state index >= 15 is 0 Å². The first-order valence-electron chi connectivity index (χ1n) is 21.8. The zero-order valence-corrected chi connectivity index (χ0v) is 36.7. The van der Waals surface area contributed by atoms with Crippen LogP contribution in [0.2, 0.25) is 0 Å². The molecule has 0 heterocycles. The summed E-state index contributed by atoms with van der Waals surface area (Å²) in [7, 11) is 1.20. The van der Waals surface area contributed by atoms with Gasteiger partial charge >= 0.3 is 0 Å². The number of quaternary nitrogens is 1. The molecule has 318 valence electrons. The summed E-state index contributed by atoms with van der Waals surface area (Å²) in [6, 6.07) is -0.927. The molecule has 2 N–H and O–H groups in total. The van der Waals surface area contributed by atoms with Crippen molar-refractivity contribution in [3.8, 4) is 0 Å². The Morgan fingerprint density at radius 3 is 1.69 bits per heavy atom. The highest BCUT2D eigenvalue weighted by molar-refractivity contribution is 7.45. The zero-order valence-electron chi connectivity index (χ0n) is 35.9. The van der Waals surface area contributed by atoms with Crippen molar-refractivity contribution < 1.29 is 32.9 Å². The van der Waals surface area contributed by atoms with Gasteiger partial charge in [-0.3, -0.25) is 9.36 Å². The van der Waals surface area contributed by atoms with Gasteiger partial charge in [0, 0.05) is 6.42 Å². The van der Waals surface area contributed by atoms with Crippen LogP contribution in [0.1, 0.15) is 162 Å². The SMILES string of the molecule is CC/C=C\C/C=C\C/C=C\CCCCCC(=O)NC(COP(=O)([O-])OCC[N+](C)(C)C)C(O)/C=C/CC/C=C/CC/C=C/CCCCCCCCCCCC. The number of carbonyl (C=O) groups is 1. The van der Waals surface area contributed by atoms with Crippen LogP contribution in [-0.2, 0) is 18.4 Å². The first-order chi connectivity index (χ1) is 26.5. The highest BCUT2D eigenvalue weighted by Crippen LogP contribution is 2.38. The lowest BCUT2D eigenvalue weighted by Gasteiger charge is -2.29. The van der Waals surface area contributed by atoms with Crippen LogP contribution in [-0.4, -0.2) is 68.5 Å². The summed E-state index contributed by atoms with van der Waals surface area (Å²) in [5, 5.41) is 13.7. The second kappa shape index (κ2) is 37.5. The van der Waals surface area contributed by atoms with Crippen molar-refractivity contribution in [2.45, 2.75) is 174 Å². The van der Waals surface area contributed by atoms with Crippen LogP contribution in [0.25, 0.3) is 0 Å². The van der Waals surface area contributed by atoms with Gasteiger partial charge in [0.1, 0.15) is 13.2 Å². The fourth-order valence-corrected chi connectivity index (χ4v) is 6.39. The average Bonchev–Trinajstić information content (AvgIpc) is 3.13. The number of nitrogens with one attached hydrogen (secondary N) is 1. The Kier molecular flexibility index (Phi) is 36.1. The molecule has 0 rings (SSSR count). The van der Waals surface area contributed by atoms with Gasteiger partial charge in [-0.05, 0) is 77.0 Å². The molecule has 3 atom stereocenters. The predicted molar refractivity (Wildman–Crippen MR) is 233 cm³/mol. The number of phosphoric ester groups is 1. The van der Waals surface area contributed by atoms with Crippen LogP contribution >= 0.6 is 7.82 Å². The van der Waals surface area contributed by atoms with Crippen molar-refractivity contribution in [3.05, 3.63) is 72.9 Å². The average molecular weight is 791 g/mol. The number of aliphatic hydroxyl groups excluding tert-OH is 1. The Morgan fingerprint density at radius 1 is 0.655 bits per heavy atom. The zero-order chi connectivity index (χ0) is 40.7. The molecular weight excluding hydrogens is 707 g/mol. The van der Waals surface area contributed by atoms with Crippen molar-refractivity contribution >= 4 is 13.7 Å². The number of phosphoric acid groups is 1. The second-order valence-electron chi connectivity index (χ2n) is 15.6. The van der Waals surface area contributed by atoms with Gasteiger partial charge in [0.2, 0.25) is 5.91 Å². The molecule has 0 saturated heterocycles. The van der Waals surface area contributed by atoms with E-state index in [1.165, 1.54) is 70.6 Å². The molecule has 0 aromatic carbocycles. The van der Waals surface area contributed by atoms with Crippen molar-refractivity contribution in [2.75, 3.05) is 40.9 Å². The van der Waals surface area contributed by atoms with Gasteiger partial charge in [0.15, 0.2) is 0 Å². The third kappa shape index (κ3) is 40.0. The van der Waals surface area contributed by atoms with Gasteiger partial charge in [0.05, 0.1) is 39.9 Å². The first-order valence-corrected chi connectivity index (χ1v) is 23.3. The summed E-state index contributed by atoms with van der Waals surface area (Å²) in [5.74, 6) is -0.244. The van der Waals surface area contributed by atoms with E-state index in [0.29, 0.717) is 23.9 Å². The summed E-state index contributed by atoms with van der Waals surface area (Å²) in [5.41, 5.74) is 0. The summed E-state index contributed by atoms with van der Waals surface area (Å²) in [4.78, 5) is 25.2. The summed E-state index contributed by atoms with van der Waals surface area (Å²) in [6.07, 6.45) is 49.6. The largest absolute Gasteiger partial charge is 0.756 e. The fraction of sp³-hybridized carbons (Fsp3) is 0.717. The van der Waals surface area contributed by atoms with Crippen LogP contribution in [0, 0.1) is 0 Å². The Bertz CT molecular complexity index is 1120. The molecule has 0 aliphatic heterocycles. The van der Waals surface area contributed by atoms with E-state index in [1.807, 2.05) is 27.2 Å². The molecule has 0 radical (unpaired) electrons. The topological polar surface area (TPSA) is 108 Å². The van der Waals surface area contributed by atoms with Crippen molar-refractivity contribution in [3.63, 3.8) is 0 Å². The molecule has 1 amide bonds. The molecule has 0 aliphatic rings. The molecule has 8 nitrogen and oxygen atoms in total. The van der Waals surface area contributed by atoms with Gasteiger partial charge in [-0.1, -0.05) is 151 Å². The fourth-order valence-electron chi connectivity index (χ4n) is 5.67. The Hall–Kier alpha value is -2.06. The molecule has 55 heavy (non-hydrogen) atoms. The molecule has 0 saturated carbocycles. The van der Waals surface area contributed by atoms with E-state index < -0.39 is 26.6 Å². The predicted octanol–water partition coefficient (Wildman–Crippen LogP) is 11.4. The van der Waals surface area contributed by atoms with E-state index in [9.17, 15) is 19.4 Å². The van der Waals surface area contributed by atoms with Gasteiger partial charge in [-0.25, -0.2) is 0 Å². The monoisotopic (exact) mass is 791 g/mol. The quantitative estimate of drug-likeness (QED) is 0.0279. The molecule has 0 fully saturated rings. The number of nitrogens with zero attached hydrogens (tertiary/aromatic N) is 1. The van der Waals surface area contributed by atoms with Crippen molar-refractivity contribution in [1.29, 1.82) is 0 Å². The smallest absolute Gasteiger partial charge is 0.268 e. The van der Waals surface area contributed by atoms with E-state index in [4.69, 9.17) is 9.05 Å². The number of likely N-dealkylation sites (N-methyl/N-ethyl adjacent to an activating group) is 1. The highest BCUT2D eigenvalue weighted by Gasteiger charge is 2.23. The number of rotatable bonds is 38. The number of unbranched alkanes of at least 4 members (excludes halogenated alkanes) is 15. The summed E-state index contributed by atoms with van der Waals surface area (Å²) < 4.78 is 23.1. The first kappa shape index (κ1) is 52.9. The van der Waals surface area contributed by atoms with E-state index in [0.717, 1.165) is 64.2 Å².